The highest BCUT2D eigenvalue weighted by Gasteiger charge is 2.36. The standard InChI is InChI=1S/C12H18BrN3O2/c1-8(2)16-11(18)10(13)9(6-14-16)15-12(7-17)4-3-5-12/h6,8,15,17H,3-5,7H2,1-2H3. The molecule has 1 saturated carbocycles. The van der Waals surface area contributed by atoms with Crippen LogP contribution in [0.15, 0.2) is 15.5 Å². The van der Waals surface area contributed by atoms with Gasteiger partial charge in [-0.25, -0.2) is 4.68 Å². The van der Waals surface area contributed by atoms with Gasteiger partial charge in [-0.3, -0.25) is 4.79 Å². The van der Waals surface area contributed by atoms with Crippen molar-refractivity contribution in [2.24, 2.45) is 0 Å². The summed E-state index contributed by atoms with van der Waals surface area (Å²) in [7, 11) is 0. The first-order chi connectivity index (χ1) is 8.49. The van der Waals surface area contributed by atoms with E-state index in [1.807, 2.05) is 13.8 Å². The predicted molar refractivity (Wildman–Crippen MR) is 73.9 cm³/mol. The molecule has 6 heteroatoms. The topological polar surface area (TPSA) is 67.2 Å². The van der Waals surface area contributed by atoms with E-state index in [0.29, 0.717) is 10.2 Å². The van der Waals surface area contributed by atoms with Crippen molar-refractivity contribution in [1.82, 2.24) is 9.78 Å². The number of nitrogens with zero attached hydrogens (tertiary/aromatic N) is 2. The van der Waals surface area contributed by atoms with Gasteiger partial charge in [0.05, 0.1) is 30.1 Å². The highest BCUT2D eigenvalue weighted by atomic mass is 79.9. The summed E-state index contributed by atoms with van der Waals surface area (Å²) >= 11 is 3.32. The second kappa shape index (κ2) is 5.01. The quantitative estimate of drug-likeness (QED) is 0.890. The first-order valence-corrected chi connectivity index (χ1v) is 6.95. The van der Waals surface area contributed by atoms with Crippen molar-refractivity contribution in [3.05, 3.63) is 21.0 Å². The van der Waals surface area contributed by atoms with E-state index in [4.69, 9.17) is 0 Å². The maximum Gasteiger partial charge on any atom is 0.283 e. The lowest BCUT2D eigenvalue weighted by molar-refractivity contribution is 0.144. The summed E-state index contributed by atoms with van der Waals surface area (Å²) in [5.41, 5.74) is 0.230. The molecule has 1 aromatic rings. The summed E-state index contributed by atoms with van der Waals surface area (Å²) in [6.07, 6.45) is 4.58. The van der Waals surface area contributed by atoms with Gasteiger partial charge in [-0.05, 0) is 49.0 Å². The highest BCUT2D eigenvalue weighted by molar-refractivity contribution is 9.10. The fourth-order valence-electron chi connectivity index (χ4n) is 2.11. The minimum absolute atomic E-state index is 0.0263. The smallest absolute Gasteiger partial charge is 0.283 e. The molecular formula is C12H18BrN3O2. The Morgan fingerprint density at radius 3 is 2.72 bits per heavy atom. The number of aromatic nitrogens is 2. The minimum atomic E-state index is -0.277. The summed E-state index contributed by atoms with van der Waals surface area (Å²) in [5, 5.41) is 16.8. The average Bonchev–Trinajstić information content (AvgIpc) is 2.28. The zero-order valence-electron chi connectivity index (χ0n) is 10.6. The number of hydrogen-bond donors (Lipinski definition) is 2. The SMILES string of the molecule is CC(C)n1ncc(NC2(CO)CCC2)c(Br)c1=O. The Morgan fingerprint density at radius 1 is 1.61 bits per heavy atom. The Hall–Kier alpha value is -0.880. The molecule has 1 fully saturated rings. The van der Waals surface area contributed by atoms with Gasteiger partial charge in [0.25, 0.3) is 5.56 Å². The van der Waals surface area contributed by atoms with Crippen molar-refractivity contribution in [2.75, 3.05) is 11.9 Å². The summed E-state index contributed by atoms with van der Waals surface area (Å²) < 4.78 is 1.91. The predicted octanol–water partition coefficient (Wildman–Crippen LogP) is 1.91. The van der Waals surface area contributed by atoms with Crippen LogP contribution in [-0.4, -0.2) is 27.0 Å². The van der Waals surface area contributed by atoms with E-state index in [0.717, 1.165) is 19.3 Å². The van der Waals surface area contributed by atoms with E-state index in [1.54, 1.807) is 6.20 Å². The van der Waals surface area contributed by atoms with Crippen molar-refractivity contribution in [3.8, 4) is 0 Å². The molecule has 100 valence electrons. The number of nitrogens with one attached hydrogen (secondary N) is 1. The first kappa shape index (κ1) is 13.5. The second-order valence-electron chi connectivity index (χ2n) is 5.13. The molecular weight excluding hydrogens is 298 g/mol. The van der Waals surface area contributed by atoms with Crippen LogP contribution in [0.2, 0.25) is 0 Å². The van der Waals surface area contributed by atoms with Gasteiger partial charge < -0.3 is 10.4 Å². The fourth-order valence-corrected chi connectivity index (χ4v) is 2.49. The molecule has 0 bridgehead atoms. The largest absolute Gasteiger partial charge is 0.394 e. The lowest BCUT2D eigenvalue weighted by Crippen LogP contribution is -2.48. The van der Waals surface area contributed by atoms with Gasteiger partial charge in [-0.15, -0.1) is 0 Å². The van der Waals surface area contributed by atoms with Crippen molar-refractivity contribution in [3.63, 3.8) is 0 Å². The van der Waals surface area contributed by atoms with Crippen LogP contribution in [0.25, 0.3) is 0 Å². The maximum absolute atomic E-state index is 12.1. The van der Waals surface area contributed by atoms with Crippen molar-refractivity contribution in [2.45, 2.75) is 44.7 Å². The average molecular weight is 316 g/mol. The van der Waals surface area contributed by atoms with E-state index < -0.39 is 0 Å². The third-order valence-electron chi connectivity index (χ3n) is 3.45. The van der Waals surface area contributed by atoms with Crippen molar-refractivity contribution >= 4 is 21.6 Å². The third-order valence-corrected chi connectivity index (χ3v) is 4.21. The number of aliphatic hydroxyl groups excluding tert-OH is 1. The van der Waals surface area contributed by atoms with Crippen LogP contribution in [0.4, 0.5) is 5.69 Å². The van der Waals surface area contributed by atoms with E-state index in [1.165, 1.54) is 4.68 Å². The number of anilines is 1. The Labute approximate surface area is 114 Å². The van der Waals surface area contributed by atoms with Gasteiger partial charge in [0.2, 0.25) is 0 Å². The third kappa shape index (κ3) is 2.31. The van der Waals surface area contributed by atoms with Gasteiger partial charge in [0, 0.05) is 0 Å². The molecule has 0 aliphatic heterocycles. The van der Waals surface area contributed by atoms with E-state index >= 15 is 0 Å². The molecule has 0 radical (unpaired) electrons. The van der Waals surface area contributed by atoms with Crippen LogP contribution in [0.1, 0.15) is 39.2 Å². The Bertz CT molecular complexity index is 489. The molecule has 1 aromatic heterocycles. The molecule has 1 aliphatic carbocycles. The normalized spacial score (nSPS) is 17.6. The molecule has 18 heavy (non-hydrogen) atoms. The molecule has 2 rings (SSSR count). The Kier molecular flexibility index (Phi) is 3.77. The molecule has 0 atom stereocenters. The van der Waals surface area contributed by atoms with E-state index in [9.17, 15) is 9.90 Å². The fraction of sp³-hybridized carbons (Fsp3) is 0.667. The molecule has 2 N–H and O–H groups in total. The van der Waals surface area contributed by atoms with Crippen LogP contribution < -0.4 is 10.9 Å². The van der Waals surface area contributed by atoms with Crippen LogP contribution >= 0.6 is 15.9 Å². The molecule has 1 heterocycles. The minimum Gasteiger partial charge on any atom is -0.394 e. The molecule has 5 nitrogen and oxygen atoms in total. The van der Waals surface area contributed by atoms with E-state index in [2.05, 4.69) is 26.3 Å². The summed E-state index contributed by atoms with van der Waals surface area (Å²) in [4.78, 5) is 12.1. The van der Waals surface area contributed by atoms with Gasteiger partial charge in [0.1, 0.15) is 4.47 Å². The summed E-state index contributed by atoms with van der Waals surface area (Å²) in [5.74, 6) is 0. The lowest BCUT2D eigenvalue weighted by atomic mass is 9.77. The van der Waals surface area contributed by atoms with Gasteiger partial charge >= 0.3 is 0 Å². The molecule has 0 spiro atoms. The van der Waals surface area contributed by atoms with Crippen molar-refractivity contribution < 1.29 is 5.11 Å². The zero-order chi connectivity index (χ0) is 13.3. The maximum atomic E-state index is 12.1. The Morgan fingerprint density at radius 2 is 2.28 bits per heavy atom. The number of rotatable bonds is 4. The summed E-state index contributed by atoms with van der Waals surface area (Å²) in [6, 6.07) is 0.0263. The summed E-state index contributed by atoms with van der Waals surface area (Å²) in [6.45, 7) is 3.90. The van der Waals surface area contributed by atoms with Gasteiger partial charge in [-0.1, -0.05) is 0 Å². The lowest BCUT2D eigenvalue weighted by Gasteiger charge is -2.41. The highest BCUT2D eigenvalue weighted by Crippen LogP contribution is 2.35. The molecule has 1 aliphatic rings. The molecule has 0 amide bonds. The zero-order valence-corrected chi connectivity index (χ0v) is 12.2. The molecule has 0 saturated heterocycles. The van der Waals surface area contributed by atoms with Gasteiger partial charge in [-0.2, -0.15) is 5.10 Å². The second-order valence-corrected chi connectivity index (χ2v) is 5.93. The number of hydrogen-bond acceptors (Lipinski definition) is 4. The van der Waals surface area contributed by atoms with Crippen LogP contribution in [0.5, 0.6) is 0 Å². The van der Waals surface area contributed by atoms with Crippen LogP contribution in [0.3, 0.4) is 0 Å². The van der Waals surface area contributed by atoms with Crippen molar-refractivity contribution in [1.29, 1.82) is 0 Å². The number of halogens is 1. The monoisotopic (exact) mass is 315 g/mol. The van der Waals surface area contributed by atoms with Crippen LogP contribution in [-0.2, 0) is 0 Å². The molecule has 0 aromatic carbocycles. The first-order valence-electron chi connectivity index (χ1n) is 6.15. The Balaban J connectivity index is 2.30. The molecule has 0 unspecified atom stereocenters. The van der Waals surface area contributed by atoms with E-state index in [-0.39, 0.29) is 23.7 Å². The number of aliphatic hydroxyl groups is 1. The van der Waals surface area contributed by atoms with Gasteiger partial charge in [0.15, 0.2) is 0 Å². The van der Waals surface area contributed by atoms with Crippen LogP contribution in [0, 0.1) is 0 Å².